The zero-order valence-electron chi connectivity index (χ0n) is 15.1. The van der Waals surface area contributed by atoms with E-state index in [0.29, 0.717) is 18.8 Å². The molecule has 26 heavy (non-hydrogen) atoms. The van der Waals surface area contributed by atoms with Gasteiger partial charge in [0.1, 0.15) is 12.0 Å². The van der Waals surface area contributed by atoms with Gasteiger partial charge >= 0.3 is 0 Å². The maximum Gasteiger partial charge on any atom is 0.256 e. The molecule has 6 nitrogen and oxygen atoms in total. The van der Waals surface area contributed by atoms with Crippen LogP contribution < -0.4 is 9.64 Å². The van der Waals surface area contributed by atoms with Crippen LogP contribution in [0.25, 0.3) is 0 Å². The van der Waals surface area contributed by atoms with Crippen LogP contribution in [0.5, 0.6) is 5.75 Å². The second-order valence-corrected chi connectivity index (χ2v) is 6.23. The molecule has 136 valence electrons. The molecular weight excluding hydrogens is 330 g/mol. The molecule has 3 rings (SSSR count). The van der Waals surface area contributed by atoms with Gasteiger partial charge in [-0.2, -0.15) is 0 Å². The summed E-state index contributed by atoms with van der Waals surface area (Å²) in [6.45, 7) is 1.64. The second kappa shape index (κ2) is 8.01. The Kier molecular flexibility index (Phi) is 5.53. The quantitative estimate of drug-likeness (QED) is 0.714. The minimum atomic E-state index is -0.0782. The highest BCUT2D eigenvalue weighted by Gasteiger charge is 2.26. The number of methoxy groups -OCH3 is 1. The van der Waals surface area contributed by atoms with E-state index in [1.165, 1.54) is 11.1 Å². The highest BCUT2D eigenvalue weighted by molar-refractivity contribution is 5.83. The van der Waals surface area contributed by atoms with Gasteiger partial charge in [0.05, 0.1) is 25.9 Å². The van der Waals surface area contributed by atoms with Crippen molar-refractivity contribution in [2.75, 3.05) is 32.1 Å². The topological polar surface area (TPSA) is 53.1 Å². The molecule has 0 bridgehead atoms. The Labute approximate surface area is 153 Å². The van der Waals surface area contributed by atoms with Gasteiger partial charge in [-0.3, -0.25) is 9.80 Å². The fraction of sp³-hybridized carbons (Fsp3) is 0.300. The van der Waals surface area contributed by atoms with Crippen LogP contribution in [0, 0.1) is 0 Å². The lowest BCUT2D eigenvalue weighted by Crippen LogP contribution is -2.46. The first kappa shape index (κ1) is 17.9. The minimum absolute atomic E-state index is 0.0782. The van der Waals surface area contributed by atoms with Crippen molar-refractivity contribution in [1.29, 1.82) is 0 Å². The number of rotatable bonds is 7. The predicted molar refractivity (Wildman–Crippen MR) is 99.7 cm³/mol. The molecule has 1 aliphatic heterocycles. The largest absolute Gasteiger partial charge is 0.495 e. The van der Waals surface area contributed by atoms with Gasteiger partial charge in [-0.15, -0.1) is 0 Å². The number of nitrogens with zero attached hydrogens (tertiary/aromatic N) is 3. The van der Waals surface area contributed by atoms with Crippen molar-refractivity contribution in [2.45, 2.75) is 13.1 Å². The highest BCUT2D eigenvalue weighted by atomic mass is 16.5. The molecule has 0 saturated heterocycles. The van der Waals surface area contributed by atoms with Crippen molar-refractivity contribution in [1.82, 2.24) is 10.0 Å². The third-order valence-corrected chi connectivity index (χ3v) is 4.66. The summed E-state index contributed by atoms with van der Waals surface area (Å²) in [7, 11) is 3.35. The van der Waals surface area contributed by atoms with E-state index in [2.05, 4.69) is 12.1 Å². The standard InChI is InChI=1S/C20H23N3O3/c1-21(23-13-16-7-3-4-8-17(16)14-23)20(25)15-22(11-12-24)18-9-5-6-10-19(18)26-2/h3-10,12H,11,13-15H2,1-2H3. The maximum absolute atomic E-state index is 12.8. The van der Waals surface area contributed by atoms with Crippen LogP contribution >= 0.6 is 0 Å². The summed E-state index contributed by atoms with van der Waals surface area (Å²) in [5.41, 5.74) is 3.21. The summed E-state index contributed by atoms with van der Waals surface area (Å²) < 4.78 is 5.36. The number of aldehydes is 1. The molecule has 0 unspecified atom stereocenters. The van der Waals surface area contributed by atoms with Crippen LogP contribution in [0.3, 0.4) is 0 Å². The minimum Gasteiger partial charge on any atom is -0.495 e. The number of hydrazine groups is 1. The van der Waals surface area contributed by atoms with Gasteiger partial charge in [0.25, 0.3) is 5.91 Å². The Morgan fingerprint density at radius 2 is 1.73 bits per heavy atom. The number of amides is 1. The van der Waals surface area contributed by atoms with Crippen LogP contribution in [0.2, 0.25) is 0 Å². The summed E-state index contributed by atoms with van der Waals surface area (Å²) in [4.78, 5) is 25.7. The number of hydrogen-bond donors (Lipinski definition) is 0. The maximum atomic E-state index is 12.8. The summed E-state index contributed by atoms with van der Waals surface area (Å²) in [6, 6.07) is 15.6. The fourth-order valence-corrected chi connectivity index (χ4v) is 3.18. The molecule has 0 aliphatic carbocycles. The first-order valence-corrected chi connectivity index (χ1v) is 8.54. The van der Waals surface area contributed by atoms with Gasteiger partial charge in [-0.05, 0) is 23.3 Å². The van der Waals surface area contributed by atoms with E-state index < -0.39 is 0 Å². The Balaban J connectivity index is 1.71. The summed E-state index contributed by atoms with van der Waals surface area (Å²) in [6.07, 6.45) is 0.797. The number of hydrogen-bond acceptors (Lipinski definition) is 5. The normalized spacial score (nSPS) is 13.2. The average molecular weight is 353 g/mol. The molecular formula is C20H23N3O3. The van der Waals surface area contributed by atoms with Gasteiger partial charge in [0, 0.05) is 20.1 Å². The number of carbonyl (C=O) groups is 2. The number of anilines is 1. The Morgan fingerprint density at radius 1 is 1.12 bits per heavy atom. The summed E-state index contributed by atoms with van der Waals surface area (Å²) in [5, 5.41) is 3.65. The molecule has 0 fully saturated rings. The average Bonchev–Trinajstić information content (AvgIpc) is 3.11. The van der Waals surface area contributed by atoms with E-state index >= 15 is 0 Å². The molecule has 2 aromatic rings. The van der Waals surface area contributed by atoms with E-state index in [1.54, 1.807) is 24.1 Å². The SMILES string of the molecule is COc1ccccc1N(CC=O)CC(=O)N(C)N1Cc2ccccc2C1. The van der Waals surface area contributed by atoms with Gasteiger partial charge in [-0.25, -0.2) is 5.01 Å². The van der Waals surface area contributed by atoms with Gasteiger partial charge in [-0.1, -0.05) is 36.4 Å². The van der Waals surface area contributed by atoms with E-state index in [0.717, 1.165) is 12.0 Å². The molecule has 0 N–H and O–H groups in total. The second-order valence-electron chi connectivity index (χ2n) is 6.23. The Morgan fingerprint density at radius 3 is 2.35 bits per heavy atom. The van der Waals surface area contributed by atoms with Crippen molar-refractivity contribution >= 4 is 17.9 Å². The monoisotopic (exact) mass is 353 g/mol. The van der Waals surface area contributed by atoms with Crippen molar-refractivity contribution < 1.29 is 14.3 Å². The van der Waals surface area contributed by atoms with Gasteiger partial charge < -0.3 is 14.4 Å². The molecule has 2 aromatic carbocycles. The zero-order chi connectivity index (χ0) is 18.5. The molecule has 0 spiro atoms. The number of para-hydroxylation sites is 2. The molecule has 1 amide bonds. The number of carbonyl (C=O) groups excluding carboxylic acids is 2. The van der Waals surface area contributed by atoms with Crippen LogP contribution in [0.4, 0.5) is 5.69 Å². The van der Waals surface area contributed by atoms with Crippen molar-refractivity contribution in [3.63, 3.8) is 0 Å². The molecule has 0 radical (unpaired) electrons. The Bertz CT molecular complexity index is 768. The summed E-state index contributed by atoms with van der Waals surface area (Å²) >= 11 is 0. The van der Waals surface area contributed by atoms with Gasteiger partial charge in [0.2, 0.25) is 0 Å². The molecule has 0 aromatic heterocycles. The molecule has 1 aliphatic rings. The lowest BCUT2D eigenvalue weighted by Gasteiger charge is -2.31. The third kappa shape index (κ3) is 3.70. The van der Waals surface area contributed by atoms with Crippen LogP contribution in [-0.4, -0.2) is 49.5 Å². The number of benzene rings is 2. The fourth-order valence-electron chi connectivity index (χ4n) is 3.18. The summed E-state index contributed by atoms with van der Waals surface area (Å²) in [5.74, 6) is 0.559. The van der Waals surface area contributed by atoms with Crippen LogP contribution in [0.1, 0.15) is 11.1 Å². The number of likely N-dealkylation sites (N-methyl/N-ethyl adjacent to an activating group) is 1. The smallest absolute Gasteiger partial charge is 0.256 e. The van der Waals surface area contributed by atoms with E-state index in [9.17, 15) is 9.59 Å². The zero-order valence-corrected chi connectivity index (χ0v) is 15.1. The predicted octanol–water partition coefficient (Wildman–Crippen LogP) is 2.09. The van der Waals surface area contributed by atoms with Crippen molar-refractivity contribution in [3.8, 4) is 5.75 Å². The highest BCUT2D eigenvalue weighted by Crippen LogP contribution is 2.28. The molecule has 0 saturated carbocycles. The van der Waals surface area contributed by atoms with Crippen LogP contribution in [0.15, 0.2) is 48.5 Å². The first-order valence-electron chi connectivity index (χ1n) is 8.54. The number of ether oxygens (including phenoxy) is 1. The van der Waals surface area contributed by atoms with Crippen LogP contribution in [-0.2, 0) is 22.7 Å². The first-order chi connectivity index (χ1) is 12.6. The van der Waals surface area contributed by atoms with Crippen molar-refractivity contribution in [2.24, 2.45) is 0 Å². The van der Waals surface area contributed by atoms with E-state index in [1.807, 2.05) is 41.4 Å². The van der Waals surface area contributed by atoms with E-state index in [4.69, 9.17) is 4.74 Å². The van der Waals surface area contributed by atoms with Crippen molar-refractivity contribution in [3.05, 3.63) is 59.7 Å². The third-order valence-electron chi connectivity index (χ3n) is 4.66. The number of fused-ring (bicyclic) bond motifs is 1. The lowest BCUT2D eigenvalue weighted by atomic mass is 10.1. The molecule has 0 atom stereocenters. The lowest BCUT2D eigenvalue weighted by molar-refractivity contribution is -0.145. The Hall–Kier alpha value is -2.86. The van der Waals surface area contributed by atoms with E-state index in [-0.39, 0.29) is 19.0 Å². The molecule has 1 heterocycles. The molecule has 6 heteroatoms. The van der Waals surface area contributed by atoms with Gasteiger partial charge in [0.15, 0.2) is 0 Å².